The lowest BCUT2D eigenvalue weighted by Gasteiger charge is -2.18. The minimum Gasteiger partial charge on any atom is -0.394 e. The van der Waals surface area contributed by atoms with Crippen LogP contribution in [0.3, 0.4) is 0 Å². The predicted octanol–water partition coefficient (Wildman–Crippen LogP) is -0.0625. The quantitative estimate of drug-likeness (QED) is 0.585. The van der Waals surface area contributed by atoms with Crippen molar-refractivity contribution in [1.29, 1.82) is 0 Å². The topological polar surface area (TPSA) is 101 Å². The maximum Gasteiger partial charge on any atom is 0.163 e. The summed E-state index contributed by atoms with van der Waals surface area (Å²) in [5.74, 6) is -0.938. The van der Waals surface area contributed by atoms with Crippen LogP contribution in [0.5, 0.6) is 0 Å². The molecule has 2 aliphatic heterocycles. The van der Waals surface area contributed by atoms with Gasteiger partial charge in [0.25, 0.3) is 0 Å². The maximum absolute atomic E-state index is 10.1. The molecule has 2 heterocycles. The molecule has 2 aliphatic rings. The van der Waals surface area contributed by atoms with E-state index >= 15 is 0 Å². The standard InChI is InChI=1S/C8H17NO2.C6H10O3.C5H13NO2/c1-8(2)10-6-7(11-8)5-9(3)4;1-6(2)8-4-5(3-7)9-6;1-6(2)3-5(8)4-7/h7H,5-6H2,1-4H3;3,5H,4H2,1-2H3;5,7-8H,3-4H2,1-2H3/t7-;2*5-/m000/s1. The predicted molar refractivity (Wildman–Crippen MR) is 106 cm³/mol. The van der Waals surface area contributed by atoms with Crippen molar-refractivity contribution in [2.45, 2.75) is 57.6 Å². The van der Waals surface area contributed by atoms with E-state index < -0.39 is 11.9 Å². The van der Waals surface area contributed by atoms with Gasteiger partial charge in [-0.25, -0.2) is 0 Å². The molecule has 2 saturated heterocycles. The second kappa shape index (κ2) is 12.8. The number of hydrogen-bond donors (Lipinski definition) is 2. The molecule has 0 aromatic rings. The van der Waals surface area contributed by atoms with Gasteiger partial charge < -0.3 is 43.8 Å². The second-order valence-electron chi connectivity index (χ2n) is 8.31. The van der Waals surface area contributed by atoms with Gasteiger partial charge in [-0.15, -0.1) is 0 Å². The van der Waals surface area contributed by atoms with Crippen molar-refractivity contribution in [1.82, 2.24) is 9.80 Å². The first-order valence-electron chi connectivity index (χ1n) is 9.47. The molecule has 0 amide bonds. The average Bonchev–Trinajstić information content (AvgIpc) is 3.08. The third-order valence-corrected chi connectivity index (χ3v) is 3.60. The monoisotopic (exact) mass is 408 g/mol. The molecule has 2 rings (SSSR count). The zero-order chi connectivity index (χ0) is 22.0. The Kier molecular flexibility index (Phi) is 12.5. The highest BCUT2D eigenvalue weighted by molar-refractivity contribution is 5.56. The fourth-order valence-electron chi connectivity index (χ4n) is 2.52. The highest BCUT2D eigenvalue weighted by atomic mass is 16.7. The van der Waals surface area contributed by atoms with Crippen molar-refractivity contribution in [3.05, 3.63) is 0 Å². The molecule has 28 heavy (non-hydrogen) atoms. The molecule has 9 nitrogen and oxygen atoms in total. The number of carbonyl (C=O) groups is 1. The molecule has 168 valence electrons. The van der Waals surface area contributed by atoms with Gasteiger partial charge in [0.05, 0.1) is 32.0 Å². The number of ether oxygens (including phenoxy) is 4. The smallest absolute Gasteiger partial charge is 0.163 e. The summed E-state index contributed by atoms with van der Waals surface area (Å²) in [7, 11) is 7.76. The van der Waals surface area contributed by atoms with Gasteiger partial charge in [0.15, 0.2) is 17.9 Å². The van der Waals surface area contributed by atoms with Crippen LogP contribution in [0, 0.1) is 0 Å². The third kappa shape index (κ3) is 13.5. The Hall–Kier alpha value is -0.650. The van der Waals surface area contributed by atoms with Crippen LogP contribution in [0.25, 0.3) is 0 Å². The Labute approximate surface area is 169 Å². The van der Waals surface area contributed by atoms with Crippen LogP contribution >= 0.6 is 0 Å². The van der Waals surface area contributed by atoms with Crippen LogP contribution in [0.15, 0.2) is 0 Å². The summed E-state index contributed by atoms with van der Waals surface area (Å²) >= 11 is 0. The van der Waals surface area contributed by atoms with E-state index in [-0.39, 0.29) is 24.6 Å². The highest BCUT2D eigenvalue weighted by Gasteiger charge is 2.33. The lowest BCUT2D eigenvalue weighted by Crippen LogP contribution is -2.29. The number of nitrogens with zero attached hydrogens (tertiary/aromatic N) is 2. The number of aliphatic hydroxyl groups excluding tert-OH is 2. The number of hydrogen-bond acceptors (Lipinski definition) is 9. The molecule has 0 aliphatic carbocycles. The first kappa shape index (κ1) is 27.4. The molecule has 0 spiro atoms. The Morgan fingerprint density at radius 3 is 1.79 bits per heavy atom. The Bertz CT molecular complexity index is 431. The van der Waals surface area contributed by atoms with Gasteiger partial charge in [0, 0.05) is 13.1 Å². The summed E-state index contributed by atoms with van der Waals surface area (Å²) in [6.45, 7) is 9.87. The van der Waals surface area contributed by atoms with Crippen molar-refractivity contribution >= 4 is 6.29 Å². The summed E-state index contributed by atoms with van der Waals surface area (Å²) < 4.78 is 21.2. The summed E-state index contributed by atoms with van der Waals surface area (Å²) in [6, 6.07) is 0. The average molecular weight is 409 g/mol. The minimum atomic E-state index is -0.593. The highest BCUT2D eigenvalue weighted by Crippen LogP contribution is 2.22. The van der Waals surface area contributed by atoms with Crippen molar-refractivity contribution in [3.8, 4) is 0 Å². The summed E-state index contributed by atoms with van der Waals surface area (Å²) in [6.07, 6.45) is 0.0411. The number of aldehydes is 1. The summed E-state index contributed by atoms with van der Waals surface area (Å²) in [5.41, 5.74) is 0. The van der Waals surface area contributed by atoms with Crippen LogP contribution in [0.2, 0.25) is 0 Å². The lowest BCUT2D eigenvalue weighted by atomic mass is 10.3. The van der Waals surface area contributed by atoms with Gasteiger partial charge in [0.2, 0.25) is 0 Å². The van der Waals surface area contributed by atoms with Crippen LogP contribution in [-0.4, -0.2) is 117 Å². The molecule has 2 fully saturated rings. The number of rotatable bonds is 6. The fraction of sp³-hybridized carbons (Fsp3) is 0.947. The van der Waals surface area contributed by atoms with Crippen LogP contribution < -0.4 is 0 Å². The lowest BCUT2D eigenvalue weighted by molar-refractivity contribution is -0.145. The SMILES string of the molecule is CC1(C)OC[C@H](C=O)O1.CN(C)C[C@H](O)CO.CN(C)C[C@H]1COC(C)(C)O1. The first-order chi connectivity index (χ1) is 12.8. The largest absolute Gasteiger partial charge is 0.394 e. The molecule has 2 N–H and O–H groups in total. The van der Waals surface area contributed by atoms with Gasteiger partial charge in [-0.2, -0.15) is 0 Å². The second-order valence-corrected chi connectivity index (χ2v) is 8.31. The van der Waals surface area contributed by atoms with E-state index in [9.17, 15) is 4.79 Å². The van der Waals surface area contributed by atoms with Gasteiger partial charge in [-0.1, -0.05) is 0 Å². The van der Waals surface area contributed by atoms with Crippen molar-refractivity contribution in [2.75, 3.05) is 61.1 Å². The maximum atomic E-state index is 10.1. The molecule has 0 aromatic carbocycles. The van der Waals surface area contributed by atoms with E-state index in [1.807, 2.05) is 46.9 Å². The number of aliphatic hydroxyl groups is 2. The van der Waals surface area contributed by atoms with E-state index in [2.05, 4.69) is 4.90 Å². The van der Waals surface area contributed by atoms with E-state index in [1.165, 1.54) is 0 Å². The molecule has 0 saturated carbocycles. The molecular weight excluding hydrogens is 368 g/mol. The van der Waals surface area contributed by atoms with Crippen molar-refractivity contribution in [2.24, 2.45) is 0 Å². The van der Waals surface area contributed by atoms with Gasteiger partial charge in [-0.3, -0.25) is 0 Å². The van der Waals surface area contributed by atoms with E-state index in [0.717, 1.165) is 12.8 Å². The fourth-order valence-corrected chi connectivity index (χ4v) is 2.52. The minimum absolute atomic E-state index is 0.155. The Morgan fingerprint density at radius 1 is 1.00 bits per heavy atom. The molecule has 0 radical (unpaired) electrons. The van der Waals surface area contributed by atoms with Crippen LogP contribution in [0.1, 0.15) is 27.7 Å². The number of likely N-dealkylation sites (N-methyl/N-ethyl adjacent to an activating group) is 2. The molecule has 9 heteroatoms. The third-order valence-electron chi connectivity index (χ3n) is 3.60. The Balaban J connectivity index is 0.000000397. The summed E-state index contributed by atoms with van der Waals surface area (Å²) in [5, 5.41) is 17.0. The molecular formula is C19H40N2O7. The zero-order valence-corrected chi connectivity index (χ0v) is 18.7. The molecule has 0 unspecified atom stereocenters. The Morgan fingerprint density at radius 2 is 1.54 bits per heavy atom. The zero-order valence-electron chi connectivity index (χ0n) is 18.7. The van der Waals surface area contributed by atoms with Gasteiger partial charge >= 0.3 is 0 Å². The van der Waals surface area contributed by atoms with Gasteiger partial charge in [-0.05, 0) is 55.9 Å². The van der Waals surface area contributed by atoms with Crippen molar-refractivity contribution < 1.29 is 34.0 Å². The van der Waals surface area contributed by atoms with Crippen LogP contribution in [0.4, 0.5) is 0 Å². The summed E-state index contributed by atoms with van der Waals surface area (Å²) in [4.78, 5) is 14.0. The van der Waals surface area contributed by atoms with E-state index in [0.29, 0.717) is 19.8 Å². The molecule has 0 bridgehead atoms. The normalized spacial score (nSPS) is 26.3. The number of carbonyl (C=O) groups excluding carboxylic acids is 1. The first-order valence-corrected chi connectivity index (χ1v) is 9.47. The molecule has 3 atom stereocenters. The van der Waals surface area contributed by atoms with E-state index in [1.54, 1.807) is 13.8 Å². The van der Waals surface area contributed by atoms with Gasteiger partial charge in [0.1, 0.15) is 6.10 Å². The van der Waals surface area contributed by atoms with Crippen LogP contribution in [-0.2, 0) is 23.7 Å². The molecule has 0 aromatic heterocycles. The van der Waals surface area contributed by atoms with E-state index in [4.69, 9.17) is 29.2 Å². The van der Waals surface area contributed by atoms with Crippen molar-refractivity contribution in [3.63, 3.8) is 0 Å².